The van der Waals surface area contributed by atoms with Gasteiger partial charge in [-0.25, -0.2) is 4.68 Å². The van der Waals surface area contributed by atoms with Gasteiger partial charge in [-0.1, -0.05) is 47.7 Å². The fourth-order valence-corrected chi connectivity index (χ4v) is 5.32. The standard InChI is InChI=1S/C29H32N4O3/c1-18-9-10-21(13-23(18)17-33-15-19(2)36-27-8-6-5-7-22(27)16-33)25(14-28(34)35)24-11-12-26-29(20(24)3)30-31-32(26)4/h5-13,19,25H,14-17H2,1-4H3,(H,34,35). The first-order valence-corrected chi connectivity index (χ1v) is 12.4. The first-order chi connectivity index (χ1) is 17.3. The lowest BCUT2D eigenvalue weighted by atomic mass is 9.84. The average molecular weight is 485 g/mol. The summed E-state index contributed by atoms with van der Waals surface area (Å²) in [4.78, 5) is 14.3. The van der Waals surface area contributed by atoms with Crippen LogP contribution in [0.25, 0.3) is 11.0 Å². The van der Waals surface area contributed by atoms with Crippen molar-refractivity contribution in [2.45, 2.75) is 52.3 Å². The van der Waals surface area contributed by atoms with Crippen LogP contribution in [0.4, 0.5) is 0 Å². The summed E-state index contributed by atoms with van der Waals surface area (Å²) in [7, 11) is 1.86. The fourth-order valence-electron chi connectivity index (χ4n) is 5.32. The summed E-state index contributed by atoms with van der Waals surface area (Å²) in [5, 5.41) is 18.3. The summed E-state index contributed by atoms with van der Waals surface area (Å²) in [5.41, 5.74) is 8.29. The Bertz CT molecular complexity index is 1430. The molecule has 2 unspecified atom stereocenters. The SMILES string of the molecule is Cc1ccc(C(CC(=O)O)c2ccc3c(nnn3C)c2C)cc1CN1Cc2ccccc2OC(C)C1. The van der Waals surface area contributed by atoms with E-state index in [9.17, 15) is 9.90 Å². The number of aromatic nitrogens is 3. The van der Waals surface area contributed by atoms with Crippen molar-refractivity contribution >= 4 is 17.0 Å². The third kappa shape index (κ3) is 4.71. The van der Waals surface area contributed by atoms with Crippen LogP contribution < -0.4 is 4.74 Å². The molecule has 1 aliphatic rings. The van der Waals surface area contributed by atoms with E-state index in [4.69, 9.17) is 4.74 Å². The van der Waals surface area contributed by atoms with Crippen molar-refractivity contribution in [1.82, 2.24) is 19.9 Å². The normalized spacial score (nSPS) is 16.8. The second-order valence-corrected chi connectivity index (χ2v) is 9.90. The van der Waals surface area contributed by atoms with Gasteiger partial charge in [0.15, 0.2) is 0 Å². The van der Waals surface area contributed by atoms with Gasteiger partial charge < -0.3 is 9.84 Å². The lowest BCUT2D eigenvalue weighted by Gasteiger charge is -2.24. The number of fused-ring (bicyclic) bond motifs is 2. The topological polar surface area (TPSA) is 80.5 Å². The van der Waals surface area contributed by atoms with Gasteiger partial charge in [-0.15, -0.1) is 5.10 Å². The Morgan fingerprint density at radius 1 is 1.17 bits per heavy atom. The second-order valence-electron chi connectivity index (χ2n) is 9.90. The average Bonchev–Trinajstić information content (AvgIpc) is 3.13. The Hall–Kier alpha value is -3.71. The lowest BCUT2D eigenvalue weighted by Crippen LogP contribution is -2.30. The maximum absolute atomic E-state index is 11.9. The molecule has 0 bridgehead atoms. The summed E-state index contributed by atoms with van der Waals surface area (Å²) < 4.78 is 7.89. The van der Waals surface area contributed by atoms with Crippen molar-refractivity contribution in [3.05, 3.63) is 88.0 Å². The number of carbonyl (C=O) groups is 1. The minimum atomic E-state index is -0.823. The van der Waals surface area contributed by atoms with Gasteiger partial charge in [0.05, 0.1) is 11.9 Å². The van der Waals surface area contributed by atoms with Gasteiger partial charge in [0, 0.05) is 38.2 Å². The summed E-state index contributed by atoms with van der Waals surface area (Å²) in [6, 6.07) is 18.6. The van der Waals surface area contributed by atoms with Crippen LogP contribution in [0.5, 0.6) is 5.75 Å². The molecule has 0 radical (unpaired) electrons. The van der Waals surface area contributed by atoms with Crippen molar-refractivity contribution in [3.63, 3.8) is 0 Å². The van der Waals surface area contributed by atoms with Crippen LogP contribution in [-0.2, 0) is 24.9 Å². The number of rotatable bonds is 6. The Morgan fingerprint density at radius 3 is 2.78 bits per heavy atom. The number of ether oxygens (including phenoxy) is 1. The van der Waals surface area contributed by atoms with Gasteiger partial charge in [-0.3, -0.25) is 9.69 Å². The van der Waals surface area contributed by atoms with Crippen molar-refractivity contribution in [3.8, 4) is 5.75 Å². The third-order valence-electron chi connectivity index (χ3n) is 7.21. The van der Waals surface area contributed by atoms with Gasteiger partial charge in [0.25, 0.3) is 0 Å². The highest BCUT2D eigenvalue weighted by Gasteiger charge is 2.24. The number of carboxylic acids is 1. The summed E-state index contributed by atoms with van der Waals surface area (Å²) in [6.45, 7) is 8.63. The number of hydrogen-bond acceptors (Lipinski definition) is 5. The Balaban J connectivity index is 1.50. The van der Waals surface area contributed by atoms with Gasteiger partial charge in [0.2, 0.25) is 0 Å². The molecule has 0 fully saturated rings. The van der Waals surface area contributed by atoms with E-state index in [1.165, 1.54) is 16.7 Å². The van der Waals surface area contributed by atoms with E-state index in [1.54, 1.807) is 4.68 Å². The number of aryl methyl sites for hydroxylation is 3. The van der Waals surface area contributed by atoms with Crippen LogP contribution in [0.1, 0.15) is 52.6 Å². The van der Waals surface area contributed by atoms with E-state index in [0.29, 0.717) is 0 Å². The molecular weight excluding hydrogens is 452 g/mol. The zero-order valence-corrected chi connectivity index (χ0v) is 21.2. The molecule has 3 aromatic carbocycles. The van der Waals surface area contributed by atoms with Gasteiger partial charge in [-0.05, 0) is 60.7 Å². The number of para-hydroxylation sites is 1. The third-order valence-corrected chi connectivity index (χ3v) is 7.21. The molecular formula is C29H32N4O3. The highest BCUT2D eigenvalue weighted by atomic mass is 16.5. The molecule has 7 nitrogen and oxygen atoms in total. The van der Waals surface area contributed by atoms with Gasteiger partial charge in [-0.2, -0.15) is 0 Å². The van der Waals surface area contributed by atoms with Crippen molar-refractivity contribution in [1.29, 1.82) is 0 Å². The number of hydrogen-bond donors (Lipinski definition) is 1. The molecule has 1 aromatic heterocycles. The predicted molar refractivity (Wildman–Crippen MR) is 139 cm³/mol. The fraction of sp³-hybridized carbons (Fsp3) is 0.345. The number of nitrogens with zero attached hydrogens (tertiary/aromatic N) is 4. The van der Waals surface area contributed by atoms with Crippen LogP contribution >= 0.6 is 0 Å². The number of aliphatic carboxylic acids is 1. The number of benzene rings is 3. The minimum Gasteiger partial charge on any atom is -0.489 e. The molecule has 2 atom stereocenters. The van der Waals surface area contributed by atoms with E-state index in [0.717, 1.165) is 53.1 Å². The molecule has 0 aliphatic carbocycles. The van der Waals surface area contributed by atoms with Crippen molar-refractivity contribution < 1.29 is 14.6 Å². The van der Waals surface area contributed by atoms with Crippen molar-refractivity contribution in [2.24, 2.45) is 7.05 Å². The van der Waals surface area contributed by atoms with E-state index in [2.05, 4.69) is 59.4 Å². The highest BCUT2D eigenvalue weighted by Crippen LogP contribution is 2.35. The largest absolute Gasteiger partial charge is 0.489 e. The first kappa shape index (κ1) is 24.0. The molecule has 2 heterocycles. The van der Waals surface area contributed by atoms with Crippen LogP contribution in [0.15, 0.2) is 54.6 Å². The molecule has 0 spiro atoms. The maximum Gasteiger partial charge on any atom is 0.304 e. The monoisotopic (exact) mass is 484 g/mol. The van der Waals surface area contributed by atoms with Gasteiger partial charge >= 0.3 is 5.97 Å². The first-order valence-electron chi connectivity index (χ1n) is 12.4. The summed E-state index contributed by atoms with van der Waals surface area (Å²) in [5.74, 6) is -0.148. The Morgan fingerprint density at radius 2 is 1.97 bits per heavy atom. The summed E-state index contributed by atoms with van der Waals surface area (Å²) in [6.07, 6.45) is 0.0927. The van der Waals surface area contributed by atoms with Crippen LogP contribution in [0, 0.1) is 13.8 Å². The zero-order valence-electron chi connectivity index (χ0n) is 21.2. The van der Waals surface area contributed by atoms with E-state index in [1.807, 2.05) is 38.2 Å². The molecule has 5 rings (SSSR count). The van der Waals surface area contributed by atoms with Crippen LogP contribution in [-0.4, -0.2) is 43.6 Å². The smallest absolute Gasteiger partial charge is 0.304 e. The van der Waals surface area contributed by atoms with Crippen LogP contribution in [0.3, 0.4) is 0 Å². The Kier molecular flexibility index (Phi) is 6.49. The minimum absolute atomic E-state index is 0.0110. The molecule has 0 saturated heterocycles. The van der Waals surface area contributed by atoms with E-state index >= 15 is 0 Å². The molecule has 0 amide bonds. The second kappa shape index (κ2) is 9.74. The van der Waals surface area contributed by atoms with E-state index in [-0.39, 0.29) is 18.4 Å². The maximum atomic E-state index is 11.9. The zero-order chi connectivity index (χ0) is 25.4. The molecule has 186 valence electrons. The molecule has 4 aromatic rings. The number of carboxylic acid groups (broad SMARTS) is 1. The quantitative estimate of drug-likeness (QED) is 0.416. The molecule has 7 heteroatoms. The lowest BCUT2D eigenvalue weighted by molar-refractivity contribution is -0.137. The molecule has 1 aliphatic heterocycles. The Labute approximate surface area is 211 Å². The van der Waals surface area contributed by atoms with Crippen molar-refractivity contribution in [2.75, 3.05) is 6.54 Å². The molecule has 0 saturated carbocycles. The summed E-state index contributed by atoms with van der Waals surface area (Å²) >= 11 is 0. The van der Waals surface area contributed by atoms with Crippen LogP contribution in [0.2, 0.25) is 0 Å². The molecule has 36 heavy (non-hydrogen) atoms. The van der Waals surface area contributed by atoms with Gasteiger partial charge in [0.1, 0.15) is 17.4 Å². The molecule has 1 N–H and O–H groups in total. The van der Waals surface area contributed by atoms with E-state index < -0.39 is 5.97 Å². The predicted octanol–water partition coefficient (Wildman–Crippen LogP) is 4.97. The highest BCUT2D eigenvalue weighted by molar-refractivity contribution is 5.80.